The van der Waals surface area contributed by atoms with Crippen molar-refractivity contribution in [3.05, 3.63) is 3.95 Å². The summed E-state index contributed by atoms with van der Waals surface area (Å²) in [5, 5.41) is 4.38. The van der Waals surface area contributed by atoms with Crippen LogP contribution in [0.15, 0.2) is 4.34 Å². The standard InChI is InChI=1S/C9H15N3O2S4/c1-11(7-3-4-18(13,14)5-7)6-12-9(15)17-8(10-12)16-2/h7H,3-6H2,1-2H3. The van der Waals surface area contributed by atoms with Crippen molar-refractivity contribution in [1.29, 1.82) is 0 Å². The fourth-order valence-corrected chi connectivity index (χ4v) is 5.45. The molecule has 2 rings (SSSR count). The average Bonchev–Trinajstić information content (AvgIpc) is 2.82. The Labute approximate surface area is 120 Å². The predicted octanol–water partition coefficient (Wildman–Crippen LogP) is 1.47. The lowest BCUT2D eigenvalue weighted by Crippen LogP contribution is -2.34. The van der Waals surface area contributed by atoms with Crippen LogP contribution in [0.3, 0.4) is 0 Å². The first-order valence-electron chi connectivity index (χ1n) is 5.44. The van der Waals surface area contributed by atoms with Crippen molar-refractivity contribution in [2.45, 2.75) is 23.5 Å². The van der Waals surface area contributed by atoms with E-state index in [1.54, 1.807) is 16.4 Å². The summed E-state index contributed by atoms with van der Waals surface area (Å²) in [7, 11) is -0.919. The van der Waals surface area contributed by atoms with Crippen LogP contribution in [-0.2, 0) is 16.5 Å². The molecule has 18 heavy (non-hydrogen) atoms. The van der Waals surface area contributed by atoms with Crippen molar-refractivity contribution in [2.75, 3.05) is 24.8 Å². The molecule has 0 spiro atoms. The summed E-state index contributed by atoms with van der Waals surface area (Å²) in [6.45, 7) is 0.552. The highest BCUT2D eigenvalue weighted by atomic mass is 32.2. The third kappa shape index (κ3) is 3.32. The van der Waals surface area contributed by atoms with Crippen molar-refractivity contribution in [1.82, 2.24) is 14.7 Å². The van der Waals surface area contributed by atoms with Gasteiger partial charge in [0, 0.05) is 6.04 Å². The van der Waals surface area contributed by atoms with Crippen LogP contribution in [0.5, 0.6) is 0 Å². The molecule has 0 N–H and O–H groups in total. The minimum atomic E-state index is -2.84. The molecule has 102 valence electrons. The van der Waals surface area contributed by atoms with Crippen molar-refractivity contribution in [2.24, 2.45) is 0 Å². The third-order valence-electron chi connectivity index (χ3n) is 2.95. The second-order valence-corrected chi connectivity index (χ2v) is 9.20. The Hall–Kier alpha value is 0.0400. The fourth-order valence-electron chi connectivity index (χ4n) is 1.91. The molecule has 1 atom stereocenters. The van der Waals surface area contributed by atoms with Gasteiger partial charge in [0.05, 0.1) is 18.2 Å². The average molecular weight is 326 g/mol. The van der Waals surface area contributed by atoms with E-state index < -0.39 is 9.84 Å². The molecule has 1 fully saturated rings. The number of hydrogen-bond acceptors (Lipinski definition) is 7. The van der Waals surface area contributed by atoms with Gasteiger partial charge >= 0.3 is 0 Å². The lowest BCUT2D eigenvalue weighted by Gasteiger charge is -2.22. The van der Waals surface area contributed by atoms with Gasteiger partial charge in [-0.3, -0.25) is 4.90 Å². The van der Waals surface area contributed by atoms with Crippen molar-refractivity contribution < 1.29 is 8.42 Å². The van der Waals surface area contributed by atoms with E-state index in [1.165, 1.54) is 11.3 Å². The summed E-state index contributed by atoms with van der Waals surface area (Å²) < 4.78 is 26.3. The van der Waals surface area contributed by atoms with Gasteiger partial charge in [-0.15, -0.1) is 0 Å². The Balaban J connectivity index is 2.05. The van der Waals surface area contributed by atoms with Gasteiger partial charge < -0.3 is 0 Å². The summed E-state index contributed by atoms with van der Waals surface area (Å²) in [5.74, 6) is 0.539. The van der Waals surface area contributed by atoms with Crippen LogP contribution < -0.4 is 0 Å². The molecule has 0 bridgehead atoms. The molecule has 1 aliphatic heterocycles. The maximum absolute atomic E-state index is 11.4. The number of hydrogen-bond donors (Lipinski definition) is 0. The van der Waals surface area contributed by atoms with Crippen molar-refractivity contribution >= 4 is 45.2 Å². The highest BCUT2D eigenvalue weighted by Crippen LogP contribution is 2.21. The van der Waals surface area contributed by atoms with Crippen LogP contribution >= 0.6 is 35.3 Å². The molecule has 1 aliphatic rings. The van der Waals surface area contributed by atoms with Crippen LogP contribution in [0.25, 0.3) is 0 Å². The Kier molecular flexibility index (Phi) is 4.48. The molecular weight excluding hydrogens is 310 g/mol. The maximum Gasteiger partial charge on any atom is 0.181 e. The SMILES string of the molecule is CSc1nn(CN(C)C2CCS(=O)(=O)C2)c(=S)s1. The van der Waals surface area contributed by atoms with Gasteiger partial charge in [-0.05, 0) is 31.9 Å². The van der Waals surface area contributed by atoms with Gasteiger partial charge in [0.25, 0.3) is 0 Å². The number of nitrogens with zero attached hydrogens (tertiary/aromatic N) is 3. The maximum atomic E-state index is 11.4. The molecule has 9 heteroatoms. The van der Waals surface area contributed by atoms with Crippen LogP contribution in [0.4, 0.5) is 0 Å². The monoisotopic (exact) mass is 325 g/mol. The van der Waals surface area contributed by atoms with E-state index in [9.17, 15) is 8.42 Å². The van der Waals surface area contributed by atoms with Crippen LogP contribution in [-0.4, -0.2) is 53.9 Å². The van der Waals surface area contributed by atoms with E-state index in [0.29, 0.717) is 18.8 Å². The first-order valence-corrected chi connectivity index (χ1v) is 9.71. The molecule has 1 unspecified atom stereocenters. The topological polar surface area (TPSA) is 55.2 Å². The molecule has 0 saturated carbocycles. The zero-order chi connectivity index (χ0) is 13.3. The van der Waals surface area contributed by atoms with Crippen molar-refractivity contribution in [3.63, 3.8) is 0 Å². The Morgan fingerprint density at radius 2 is 2.39 bits per heavy atom. The van der Waals surface area contributed by atoms with Gasteiger partial charge in [-0.2, -0.15) is 5.10 Å². The predicted molar refractivity (Wildman–Crippen MR) is 77.5 cm³/mol. The minimum Gasteiger partial charge on any atom is -0.283 e. The summed E-state index contributed by atoms with van der Waals surface area (Å²) in [5.41, 5.74) is 0. The molecule has 5 nitrogen and oxygen atoms in total. The zero-order valence-corrected chi connectivity index (χ0v) is 13.5. The van der Waals surface area contributed by atoms with E-state index in [0.717, 1.165) is 8.29 Å². The summed E-state index contributed by atoms with van der Waals surface area (Å²) in [4.78, 5) is 2.02. The molecule has 0 aromatic carbocycles. The van der Waals surface area contributed by atoms with Crippen LogP contribution in [0.1, 0.15) is 6.42 Å². The number of aromatic nitrogens is 2. The van der Waals surface area contributed by atoms with E-state index >= 15 is 0 Å². The highest BCUT2D eigenvalue weighted by molar-refractivity contribution is 8.00. The molecule has 1 aromatic rings. The second kappa shape index (κ2) is 5.58. The number of rotatable bonds is 4. The van der Waals surface area contributed by atoms with Gasteiger partial charge in [0.2, 0.25) is 0 Å². The van der Waals surface area contributed by atoms with Crippen LogP contribution in [0, 0.1) is 3.95 Å². The molecule has 0 amide bonds. The van der Waals surface area contributed by atoms with Gasteiger partial charge in [-0.25, -0.2) is 13.1 Å². The fraction of sp³-hybridized carbons (Fsp3) is 0.778. The lowest BCUT2D eigenvalue weighted by atomic mass is 10.2. The van der Waals surface area contributed by atoms with E-state index in [-0.39, 0.29) is 11.8 Å². The molecule has 0 aliphatic carbocycles. The minimum absolute atomic E-state index is 0.0799. The van der Waals surface area contributed by atoms with E-state index in [1.807, 2.05) is 18.2 Å². The molecule has 0 radical (unpaired) electrons. The molecule has 1 aromatic heterocycles. The van der Waals surface area contributed by atoms with Gasteiger partial charge in [0.15, 0.2) is 18.1 Å². The number of thioether (sulfide) groups is 1. The lowest BCUT2D eigenvalue weighted by molar-refractivity contribution is 0.196. The first kappa shape index (κ1) is 14.4. The Bertz CT molecular complexity index is 577. The van der Waals surface area contributed by atoms with E-state index in [2.05, 4.69) is 5.10 Å². The quantitative estimate of drug-likeness (QED) is 0.617. The Morgan fingerprint density at radius 3 is 2.89 bits per heavy atom. The first-order chi connectivity index (χ1) is 8.41. The zero-order valence-electron chi connectivity index (χ0n) is 10.2. The normalized spacial score (nSPS) is 22.7. The largest absolute Gasteiger partial charge is 0.283 e. The van der Waals surface area contributed by atoms with Gasteiger partial charge in [-0.1, -0.05) is 23.1 Å². The van der Waals surface area contributed by atoms with Crippen LogP contribution in [0.2, 0.25) is 0 Å². The molecular formula is C9H15N3O2S4. The smallest absolute Gasteiger partial charge is 0.181 e. The molecule has 2 heterocycles. The third-order valence-corrected chi connectivity index (χ3v) is 6.98. The molecule has 1 saturated heterocycles. The highest BCUT2D eigenvalue weighted by Gasteiger charge is 2.30. The second-order valence-electron chi connectivity index (χ2n) is 4.29. The number of sulfone groups is 1. The van der Waals surface area contributed by atoms with E-state index in [4.69, 9.17) is 12.2 Å². The van der Waals surface area contributed by atoms with Crippen molar-refractivity contribution in [3.8, 4) is 0 Å². The Morgan fingerprint density at radius 1 is 1.67 bits per heavy atom. The summed E-state index contributed by atoms with van der Waals surface area (Å²) >= 11 is 8.29. The van der Waals surface area contributed by atoms with Gasteiger partial charge in [0.1, 0.15) is 0 Å². The summed E-state index contributed by atoms with van der Waals surface area (Å²) in [6.07, 6.45) is 2.66. The summed E-state index contributed by atoms with van der Waals surface area (Å²) in [6, 6.07) is 0.0799.